The highest BCUT2D eigenvalue weighted by Gasteiger charge is 2.18. The van der Waals surface area contributed by atoms with Gasteiger partial charge in [-0.15, -0.1) is 0 Å². The highest BCUT2D eigenvalue weighted by atomic mass is 16.4. The number of aliphatic carboxylic acids is 1. The normalized spacial score (nSPS) is 10.0. The molecule has 6 heteroatoms. The quantitative estimate of drug-likeness (QED) is 0.794. The first-order chi connectivity index (χ1) is 9.99. The standard InChI is InChI=1S/C15H20N2O4/c1-3-8-16-14(20)11-6-5-7-12(9-11)15(21)17(4-2)10-13(18)19/h5-7,9H,3-4,8,10H2,1-2H3,(H,16,20)(H,18,19). The maximum Gasteiger partial charge on any atom is 0.323 e. The van der Waals surface area contributed by atoms with Crippen LogP contribution in [0.15, 0.2) is 24.3 Å². The topological polar surface area (TPSA) is 86.7 Å². The Balaban J connectivity index is 2.90. The van der Waals surface area contributed by atoms with E-state index in [2.05, 4.69) is 5.32 Å². The van der Waals surface area contributed by atoms with E-state index in [0.717, 1.165) is 6.42 Å². The molecule has 0 radical (unpaired) electrons. The summed E-state index contributed by atoms with van der Waals surface area (Å²) in [4.78, 5) is 36.1. The molecule has 0 bridgehead atoms. The predicted octanol–water partition coefficient (Wildman–Crippen LogP) is 1.37. The van der Waals surface area contributed by atoms with Gasteiger partial charge in [0.05, 0.1) is 0 Å². The summed E-state index contributed by atoms with van der Waals surface area (Å²) in [6, 6.07) is 6.29. The third-order valence-corrected chi connectivity index (χ3v) is 2.90. The van der Waals surface area contributed by atoms with E-state index < -0.39 is 11.9 Å². The molecule has 0 aliphatic heterocycles. The summed E-state index contributed by atoms with van der Waals surface area (Å²) in [7, 11) is 0. The van der Waals surface area contributed by atoms with Gasteiger partial charge in [0.25, 0.3) is 11.8 Å². The number of hydrogen-bond donors (Lipinski definition) is 2. The molecule has 0 spiro atoms. The average Bonchev–Trinajstić information content (AvgIpc) is 2.49. The number of nitrogens with one attached hydrogen (secondary N) is 1. The van der Waals surface area contributed by atoms with Crippen molar-refractivity contribution in [2.45, 2.75) is 20.3 Å². The van der Waals surface area contributed by atoms with E-state index in [1.807, 2.05) is 6.92 Å². The van der Waals surface area contributed by atoms with E-state index in [-0.39, 0.29) is 19.0 Å². The van der Waals surface area contributed by atoms with E-state index in [9.17, 15) is 14.4 Å². The fourth-order valence-electron chi connectivity index (χ4n) is 1.81. The van der Waals surface area contributed by atoms with Gasteiger partial charge in [0.15, 0.2) is 0 Å². The van der Waals surface area contributed by atoms with Crippen molar-refractivity contribution < 1.29 is 19.5 Å². The fourth-order valence-corrected chi connectivity index (χ4v) is 1.81. The van der Waals surface area contributed by atoms with Crippen LogP contribution in [0.4, 0.5) is 0 Å². The Bertz CT molecular complexity index is 528. The zero-order chi connectivity index (χ0) is 15.8. The number of benzene rings is 1. The van der Waals surface area contributed by atoms with E-state index in [0.29, 0.717) is 17.7 Å². The van der Waals surface area contributed by atoms with Crippen molar-refractivity contribution in [1.29, 1.82) is 0 Å². The fraction of sp³-hybridized carbons (Fsp3) is 0.400. The van der Waals surface area contributed by atoms with Gasteiger partial charge in [-0.1, -0.05) is 13.0 Å². The van der Waals surface area contributed by atoms with E-state index in [4.69, 9.17) is 5.11 Å². The van der Waals surface area contributed by atoms with Gasteiger partial charge in [-0.3, -0.25) is 14.4 Å². The Kier molecular flexibility index (Phi) is 6.39. The van der Waals surface area contributed by atoms with Crippen molar-refractivity contribution in [2.75, 3.05) is 19.6 Å². The molecule has 0 atom stereocenters. The second kappa shape index (κ2) is 8.04. The molecule has 2 amide bonds. The van der Waals surface area contributed by atoms with Gasteiger partial charge in [0.1, 0.15) is 6.54 Å². The first-order valence-electron chi connectivity index (χ1n) is 6.88. The summed E-state index contributed by atoms with van der Waals surface area (Å²) in [5.74, 6) is -1.71. The molecular formula is C15H20N2O4. The number of amides is 2. The molecule has 0 aromatic heterocycles. The SMILES string of the molecule is CCCNC(=O)c1cccc(C(=O)N(CC)CC(=O)O)c1. The molecule has 1 aromatic carbocycles. The number of hydrogen-bond acceptors (Lipinski definition) is 3. The molecule has 0 aliphatic rings. The molecule has 6 nitrogen and oxygen atoms in total. The van der Waals surface area contributed by atoms with Crippen molar-refractivity contribution in [2.24, 2.45) is 0 Å². The summed E-state index contributed by atoms with van der Waals surface area (Å²) in [5, 5.41) is 11.5. The molecule has 0 unspecified atom stereocenters. The van der Waals surface area contributed by atoms with E-state index in [1.165, 1.54) is 11.0 Å². The van der Waals surface area contributed by atoms with Crippen molar-refractivity contribution in [1.82, 2.24) is 10.2 Å². The zero-order valence-corrected chi connectivity index (χ0v) is 12.3. The molecule has 0 saturated carbocycles. The number of carbonyl (C=O) groups is 3. The smallest absolute Gasteiger partial charge is 0.323 e. The van der Waals surface area contributed by atoms with Crippen LogP contribution < -0.4 is 5.32 Å². The third-order valence-electron chi connectivity index (χ3n) is 2.90. The van der Waals surface area contributed by atoms with Gasteiger partial charge in [-0.05, 0) is 31.5 Å². The Morgan fingerprint density at radius 3 is 2.43 bits per heavy atom. The summed E-state index contributed by atoms with van der Waals surface area (Å²) in [6.45, 7) is 4.15. The van der Waals surface area contributed by atoms with Crippen LogP contribution in [0.2, 0.25) is 0 Å². The highest BCUT2D eigenvalue weighted by Crippen LogP contribution is 2.09. The lowest BCUT2D eigenvalue weighted by atomic mass is 10.1. The van der Waals surface area contributed by atoms with Crippen LogP contribution in [0.25, 0.3) is 0 Å². The summed E-state index contributed by atoms with van der Waals surface area (Å²) in [6.07, 6.45) is 0.826. The Morgan fingerprint density at radius 1 is 1.19 bits per heavy atom. The zero-order valence-electron chi connectivity index (χ0n) is 12.3. The third kappa shape index (κ3) is 4.91. The minimum absolute atomic E-state index is 0.243. The first kappa shape index (κ1) is 16.7. The van der Waals surface area contributed by atoms with E-state index in [1.54, 1.807) is 25.1 Å². The number of rotatable bonds is 7. The lowest BCUT2D eigenvalue weighted by Crippen LogP contribution is -2.35. The Morgan fingerprint density at radius 2 is 1.86 bits per heavy atom. The van der Waals surface area contributed by atoms with Crippen LogP contribution in [0.3, 0.4) is 0 Å². The largest absolute Gasteiger partial charge is 0.480 e. The Labute approximate surface area is 123 Å². The molecule has 114 valence electrons. The average molecular weight is 292 g/mol. The van der Waals surface area contributed by atoms with E-state index >= 15 is 0 Å². The van der Waals surface area contributed by atoms with Crippen LogP contribution in [0.1, 0.15) is 41.0 Å². The van der Waals surface area contributed by atoms with Gasteiger partial charge in [0, 0.05) is 24.2 Å². The molecule has 2 N–H and O–H groups in total. The second-order valence-corrected chi connectivity index (χ2v) is 4.55. The van der Waals surface area contributed by atoms with Crippen LogP contribution in [-0.2, 0) is 4.79 Å². The summed E-state index contributed by atoms with van der Waals surface area (Å²) >= 11 is 0. The minimum Gasteiger partial charge on any atom is -0.480 e. The molecule has 1 aromatic rings. The number of carboxylic acids is 1. The van der Waals surface area contributed by atoms with Crippen LogP contribution in [-0.4, -0.2) is 47.4 Å². The second-order valence-electron chi connectivity index (χ2n) is 4.55. The number of likely N-dealkylation sites (N-methyl/N-ethyl adjacent to an activating group) is 1. The van der Waals surface area contributed by atoms with Crippen molar-refractivity contribution in [3.63, 3.8) is 0 Å². The van der Waals surface area contributed by atoms with Gasteiger partial charge in [-0.25, -0.2) is 0 Å². The molecular weight excluding hydrogens is 272 g/mol. The Hall–Kier alpha value is -2.37. The van der Waals surface area contributed by atoms with Gasteiger partial charge in [-0.2, -0.15) is 0 Å². The molecule has 0 saturated heterocycles. The highest BCUT2D eigenvalue weighted by molar-refractivity contribution is 6.00. The van der Waals surface area contributed by atoms with Crippen molar-refractivity contribution in [3.8, 4) is 0 Å². The summed E-state index contributed by atoms with van der Waals surface area (Å²) < 4.78 is 0. The minimum atomic E-state index is -1.07. The van der Waals surface area contributed by atoms with Crippen LogP contribution >= 0.6 is 0 Å². The lowest BCUT2D eigenvalue weighted by Gasteiger charge is -2.18. The monoisotopic (exact) mass is 292 g/mol. The summed E-state index contributed by atoms with van der Waals surface area (Å²) in [5.41, 5.74) is 0.697. The van der Waals surface area contributed by atoms with Gasteiger partial charge < -0.3 is 15.3 Å². The molecule has 0 heterocycles. The number of carbonyl (C=O) groups excluding carboxylic acids is 2. The molecule has 0 fully saturated rings. The predicted molar refractivity (Wildman–Crippen MR) is 78.3 cm³/mol. The maximum atomic E-state index is 12.2. The maximum absolute atomic E-state index is 12.2. The molecule has 21 heavy (non-hydrogen) atoms. The van der Waals surface area contributed by atoms with Gasteiger partial charge in [0.2, 0.25) is 0 Å². The first-order valence-corrected chi connectivity index (χ1v) is 6.88. The van der Waals surface area contributed by atoms with Crippen LogP contribution in [0.5, 0.6) is 0 Å². The van der Waals surface area contributed by atoms with Gasteiger partial charge >= 0.3 is 5.97 Å². The van der Waals surface area contributed by atoms with Crippen LogP contribution in [0, 0.1) is 0 Å². The molecule has 0 aliphatic carbocycles. The van der Waals surface area contributed by atoms with Crippen molar-refractivity contribution in [3.05, 3.63) is 35.4 Å². The lowest BCUT2D eigenvalue weighted by molar-refractivity contribution is -0.137. The number of nitrogens with zero attached hydrogens (tertiary/aromatic N) is 1. The number of carboxylic acid groups (broad SMARTS) is 1. The van der Waals surface area contributed by atoms with Crippen molar-refractivity contribution >= 4 is 17.8 Å². The molecule has 1 rings (SSSR count).